The smallest absolute Gasteiger partial charge is 0.195 e. The minimum Gasteiger partial charge on any atom is -0.373 e. The van der Waals surface area contributed by atoms with Crippen LogP contribution in [-0.4, -0.2) is 30.0 Å². The first-order chi connectivity index (χ1) is 13.0. The van der Waals surface area contributed by atoms with Gasteiger partial charge in [0, 0.05) is 34.5 Å². The summed E-state index contributed by atoms with van der Waals surface area (Å²) in [4.78, 5) is 2.12. The molecule has 0 aliphatic carbocycles. The summed E-state index contributed by atoms with van der Waals surface area (Å²) in [5, 5.41) is 0. The fourth-order valence-electron chi connectivity index (χ4n) is 3.59. The highest BCUT2D eigenvalue weighted by Crippen LogP contribution is 2.63. The summed E-state index contributed by atoms with van der Waals surface area (Å²) in [5.74, 6) is 3.98. The SMILES string of the molecule is C[C@@H]1CN(P2(=O)C=C(c3ccccc3)SC(c3ccccc3)=C2)C[C@H](C)O1. The van der Waals surface area contributed by atoms with Crippen molar-refractivity contribution in [3.05, 3.63) is 83.4 Å². The second-order valence-corrected chi connectivity index (χ2v) is 10.6. The molecule has 2 aliphatic rings. The molecule has 2 aromatic rings. The topological polar surface area (TPSA) is 29.5 Å². The monoisotopic (exact) mass is 397 g/mol. The summed E-state index contributed by atoms with van der Waals surface area (Å²) in [5.41, 5.74) is 2.22. The maximum atomic E-state index is 14.2. The number of thioether (sulfide) groups is 1. The van der Waals surface area contributed by atoms with Crippen LogP contribution in [-0.2, 0) is 9.30 Å². The van der Waals surface area contributed by atoms with E-state index >= 15 is 0 Å². The number of ether oxygens (including phenoxy) is 1. The molecule has 0 unspecified atom stereocenters. The summed E-state index contributed by atoms with van der Waals surface area (Å²) < 4.78 is 22.1. The van der Waals surface area contributed by atoms with E-state index in [9.17, 15) is 4.57 Å². The van der Waals surface area contributed by atoms with Crippen molar-refractivity contribution < 1.29 is 9.30 Å². The molecular weight excluding hydrogens is 373 g/mol. The lowest BCUT2D eigenvalue weighted by atomic mass is 10.2. The minimum absolute atomic E-state index is 0.0799. The van der Waals surface area contributed by atoms with Gasteiger partial charge >= 0.3 is 0 Å². The van der Waals surface area contributed by atoms with Crippen LogP contribution in [0.2, 0.25) is 0 Å². The molecule has 0 amide bonds. The highest BCUT2D eigenvalue weighted by molar-refractivity contribution is 8.17. The van der Waals surface area contributed by atoms with Gasteiger partial charge in [-0.15, -0.1) is 0 Å². The Kier molecular flexibility index (Phi) is 5.43. The summed E-state index contributed by atoms with van der Waals surface area (Å²) >= 11 is 1.70. The highest BCUT2D eigenvalue weighted by Gasteiger charge is 2.36. The van der Waals surface area contributed by atoms with Gasteiger partial charge in [0.1, 0.15) is 0 Å². The zero-order chi connectivity index (χ0) is 18.9. The van der Waals surface area contributed by atoms with Crippen molar-refractivity contribution in [2.24, 2.45) is 0 Å². The van der Waals surface area contributed by atoms with Gasteiger partial charge in [-0.05, 0) is 25.0 Å². The Morgan fingerprint density at radius 1 is 0.852 bits per heavy atom. The van der Waals surface area contributed by atoms with Gasteiger partial charge in [-0.1, -0.05) is 72.4 Å². The first-order valence-corrected chi connectivity index (χ1v) is 11.9. The van der Waals surface area contributed by atoms with Crippen LogP contribution in [0.25, 0.3) is 9.81 Å². The molecule has 0 N–H and O–H groups in total. The maximum Gasteiger partial charge on any atom is 0.195 e. The van der Waals surface area contributed by atoms with Gasteiger partial charge in [-0.25, -0.2) is 4.67 Å². The van der Waals surface area contributed by atoms with Crippen molar-refractivity contribution in [1.29, 1.82) is 0 Å². The number of hydrogen-bond donors (Lipinski definition) is 0. The molecule has 3 nitrogen and oxygen atoms in total. The lowest BCUT2D eigenvalue weighted by molar-refractivity contribution is -0.0442. The molecule has 5 heteroatoms. The Hall–Kier alpha value is -1.58. The Bertz CT molecular complexity index is 841. The van der Waals surface area contributed by atoms with Gasteiger partial charge in [0.2, 0.25) is 0 Å². The van der Waals surface area contributed by atoms with Gasteiger partial charge in [0.25, 0.3) is 0 Å². The van der Waals surface area contributed by atoms with Gasteiger partial charge in [-0.2, -0.15) is 0 Å². The van der Waals surface area contributed by atoms with Crippen LogP contribution >= 0.6 is 19.1 Å². The van der Waals surface area contributed by atoms with Crippen molar-refractivity contribution in [2.45, 2.75) is 26.1 Å². The van der Waals surface area contributed by atoms with Crippen LogP contribution in [0.4, 0.5) is 0 Å². The van der Waals surface area contributed by atoms with Gasteiger partial charge in [-0.3, -0.25) is 4.57 Å². The molecule has 2 aliphatic heterocycles. The predicted octanol–water partition coefficient (Wildman–Crippen LogP) is 6.12. The third-order valence-electron chi connectivity index (χ3n) is 4.78. The predicted molar refractivity (Wildman–Crippen MR) is 116 cm³/mol. The van der Waals surface area contributed by atoms with Crippen LogP contribution < -0.4 is 0 Å². The Balaban J connectivity index is 1.78. The fourth-order valence-corrected chi connectivity index (χ4v) is 8.00. The van der Waals surface area contributed by atoms with E-state index in [0.717, 1.165) is 20.9 Å². The fraction of sp³-hybridized carbons (Fsp3) is 0.273. The molecule has 1 fully saturated rings. The van der Waals surface area contributed by atoms with E-state index in [1.807, 2.05) is 48.0 Å². The van der Waals surface area contributed by atoms with Crippen LogP contribution in [0, 0.1) is 0 Å². The Morgan fingerprint density at radius 2 is 1.30 bits per heavy atom. The molecule has 0 aromatic heterocycles. The summed E-state index contributed by atoms with van der Waals surface area (Å²) in [6.45, 7) is 5.47. The average Bonchev–Trinajstić information content (AvgIpc) is 2.68. The molecule has 140 valence electrons. The van der Waals surface area contributed by atoms with E-state index in [4.69, 9.17) is 4.74 Å². The van der Waals surface area contributed by atoms with Crippen molar-refractivity contribution in [2.75, 3.05) is 13.1 Å². The zero-order valence-electron chi connectivity index (χ0n) is 15.6. The van der Waals surface area contributed by atoms with E-state index in [-0.39, 0.29) is 12.2 Å². The van der Waals surface area contributed by atoms with Crippen molar-refractivity contribution in [1.82, 2.24) is 4.67 Å². The lowest BCUT2D eigenvalue weighted by Crippen LogP contribution is -2.43. The molecule has 27 heavy (non-hydrogen) atoms. The molecule has 2 atom stereocenters. The zero-order valence-corrected chi connectivity index (χ0v) is 17.3. The Labute approximate surface area is 165 Å². The van der Waals surface area contributed by atoms with Crippen LogP contribution in [0.15, 0.2) is 72.3 Å². The highest BCUT2D eigenvalue weighted by atomic mass is 32.2. The molecule has 0 spiro atoms. The first kappa shape index (κ1) is 18.8. The van der Waals surface area contributed by atoms with E-state index in [2.05, 4.69) is 42.8 Å². The number of benzene rings is 2. The number of nitrogens with zero attached hydrogens (tertiary/aromatic N) is 1. The molecule has 4 rings (SSSR count). The summed E-state index contributed by atoms with van der Waals surface area (Å²) in [6.07, 6.45) is 0.160. The average molecular weight is 397 g/mol. The van der Waals surface area contributed by atoms with Crippen molar-refractivity contribution in [3.8, 4) is 0 Å². The normalized spacial score (nSPS) is 25.6. The molecule has 2 aromatic carbocycles. The molecule has 1 saturated heterocycles. The molecule has 2 heterocycles. The van der Waals surface area contributed by atoms with E-state index in [0.29, 0.717) is 13.1 Å². The Morgan fingerprint density at radius 3 is 1.74 bits per heavy atom. The number of rotatable bonds is 3. The standard InChI is InChI=1S/C22H24NO2PS/c1-17-13-23(14-18(2)25-17)26(24)15-21(19-9-5-3-6-10-19)27-22(16-26)20-11-7-4-8-12-20/h3-12,15-18H,13-14H2,1-2H3/t17-,18+. The molecular formula is C22H24NO2PS. The number of hydrogen-bond acceptors (Lipinski definition) is 3. The van der Waals surface area contributed by atoms with Crippen molar-refractivity contribution in [3.63, 3.8) is 0 Å². The van der Waals surface area contributed by atoms with Crippen LogP contribution in [0.3, 0.4) is 0 Å². The van der Waals surface area contributed by atoms with Gasteiger partial charge in [0.05, 0.1) is 12.2 Å². The second-order valence-electron chi connectivity index (χ2n) is 7.12. The largest absolute Gasteiger partial charge is 0.373 e. The number of morpholine rings is 1. The first-order valence-electron chi connectivity index (χ1n) is 9.28. The molecule has 0 bridgehead atoms. The third-order valence-corrected chi connectivity index (χ3v) is 8.75. The van der Waals surface area contributed by atoms with E-state index < -0.39 is 7.29 Å². The summed E-state index contributed by atoms with van der Waals surface area (Å²) in [7, 11) is -2.80. The molecule has 0 saturated carbocycles. The van der Waals surface area contributed by atoms with Gasteiger partial charge < -0.3 is 4.74 Å². The van der Waals surface area contributed by atoms with Crippen LogP contribution in [0.5, 0.6) is 0 Å². The van der Waals surface area contributed by atoms with Crippen LogP contribution in [0.1, 0.15) is 25.0 Å². The quantitative estimate of drug-likeness (QED) is 0.584. The third kappa shape index (κ3) is 4.14. The van der Waals surface area contributed by atoms with Gasteiger partial charge in [0.15, 0.2) is 7.29 Å². The lowest BCUT2D eigenvalue weighted by Gasteiger charge is -2.39. The van der Waals surface area contributed by atoms with Crippen molar-refractivity contribution >= 4 is 28.9 Å². The minimum atomic E-state index is -2.80. The van der Waals surface area contributed by atoms with E-state index in [1.165, 1.54) is 0 Å². The maximum absolute atomic E-state index is 14.2. The van der Waals surface area contributed by atoms with E-state index in [1.54, 1.807) is 11.8 Å². The molecule has 0 radical (unpaired) electrons. The second kappa shape index (κ2) is 7.81. The summed E-state index contributed by atoms with van der Waals surface area (Å²) in [6, 6.07) is 20.5.